The molecule has 0 aliphatic rings. The highest BCUT2D eigenvalue weighted by Crippen LogP contribution is 2.23. The summed E-state index contributed by atoms with van der Waals surface area (Å²) < 4.78 is 0.710. The summed E-state index contributed by atoms with van der Waals surface area (Å²) in [6.45, 7) is 0. The van der Waals surface area contributed by atoms with Crippen LogP contribution in [0.4, 0.5) is 0 Å². The predicted octanol–water partition coefficient (Wildman–Crippen LogP) is -0.562. The monoisotopic (exact) mass is 342 g/mol. The van der Waals surface area contributed by atoms with Gasteiger partial charge in [0.15, 0.2) is 0 Å². The van der Waals surface area contributed by atoms with Gasteiger partial charge in [-0.3, -0.25) is 14.6 Å². The Balaban J connectivity index is 2.20. The Labute approximate surface area is 137 Å². The summed E-state index contributed by atoms with van der Waals surface area (Å²) in [5.74, 6) is -0.788. The summed E-state index contributed by atoms with van der Waals surface area (Å²) in [6, 6.07) is 9.08. The lowest BCUT2D eigenvalue weighted by molar-refractivity contribution is 0.408. The fourth-order valence-corrected chi connectivity index (χ4v) is 2.04. The number of aromatic hydroxyl groups is 1. The number of benzene rings is 1. The molecule has 0 aliphatic heterocycles. The van der Waals surface area contributed by atoms with Gasteiger partial charge in [0.25, 0.3) is 11.1 Å². The zero-order valence-electron chi connectivity index (χ0n) is 12.4. The molecule has 0 amide bonds. The molecule has 11 heteroatoms. The highest BCUT2D eigenvalue weighted by molar-refractivity contribution is 5.67. The third kappa shape index (κ3) is 2.93. The van der Waals surface area contributed by atoms with Crippen LogP contribution in [-0.4, -0.2) is 24.4 Å². The van der Waals surface area contributed by atoms with Crippen molar-refractivity contribution in [3.05, 3.63) is 84.3 Å². The van der Waals surface area contributed by atoms with Crippen LogP contribution in [0.1, 0.15) is 0 Å². The molecule has 0 radical (unpaired) electrons. The molecule has 25 heavy (non-hydrogen) atoms. The number of H-pyrrole nitrogens is 2. The minimum atomic E-state index is -1.09. The van der Waals surface area contributed by atoms with Crippen LogP contribution >= 0.6 is 0 Å². The largest absolute Gasteiger partial charge is 0.493 e. The molecular weight excluding hydrogens is 332 g/mol. The van der Waals surface area contributed by atoms with Crippen LogP contribution in [0.2, 0.25) is 0 Å². The lowest BCUT2D eigenvalue weighted by atomic mass is 10.1. The highest BCUT2D eigenvalue weighted by Gasteiger charge is 2.16. The Morgan fingerprint density at radius 3 is 2.24 bits per heavy atom. The molecule has 2 heterocycles. The topological polar surface area (TPSA) is 155 Å². The molecular formula is C14H10N6O5. The number of hydrogen-bond donors (Lipinski definition) is 3. The second-order valence-electron chi connectivity index (χ2n) is 4.75. The second kappa shape index (κ2) is 6.23. The Morgan fingerprint density at radius 1 is 0.880 bits per heavy atom. The SMILES string of the molecule is O=c1[nH]c(=O)n(N=Nn2c(=O)cc[nH]c2=O)c(O)c1-c1ccccc1. The first-order valence-corrected chi connectivity index (χ1v) is 6.86. The van der Waals surface area contributed by atoms with Crippen LogP contribution < -0.4 is 22.5 Å². The quantitative estimate of drug-likeness (QED) is 0.544. The van der Waals surface area contributed by atoms with E-state index < -0.39 is 28.4 Å². The van der Waals surface area contributed by atoms with E-state index in [-0.39, 0.29) is 5.56 Å². The molecule has 0 spiro atoms. The minimum Gasteiger partial charge on any atom is -0.493 e. The van der Waals surface area contributed by atoms with Gasteiger partial charge in [0.2, 0.25) is 5.88 Å². The van der Waals surface area contributed by atoms with Gasteiger partial charge in [-0.15, -0.1) is 9.35 Å². The van der Waals surface area contributed by atoms with Gasteiger partial charge in [-0.1, -0.05) is 30.3 Å². The van der Waals surface area contributed by atoms with Crippen LogP contribution in [0, 0.1) is 0 Å². The third-order valence-corrected chi connectivity index (χ3v) is 3.18. The maximum Gasteiger partial charge on any atom is 0.353 e. The van der Waals surface area contributed by atoms with E-state index in [4.69, 9.17) is 0 Å². The lowest BCUT2D eigenvalue weighted by Gasteiger charge is -2.06. The summed E-state index contributed by atoms with van der Waals surface area (Å²) in [7, 11) is 0. The molecule has 0 aliphatic carbocycles. The summed E-state index contributed by atoms with van der Waals surface area (Å²) in [6.07, 6.45) is 1.12. The van der Waals surface area contributed by atoms with E-state index in [9.17, 15) is 24.3 Å². The van der Waals surface area contributed by atoms with E-state index in [0.29, 0.717) is 14.9 Å². The van der Waals surface area contributed by atoms with E-state index in [1.54, 1.807) is 30.3 Å². The Bertz CT molecular complexity index is 1160. The van der Waals surface area contributed by atoms with Crippen molar-refractivity contribution in [2.45, 2.75) is 0 Å². The third-order valence-electron chi connectivity index (χ3n) is 3.18. The van der Waals surface area contributed by atoms with Crippen LogP contribution in [0.25, 0.3) is 11.1 Å². The number of nitrogens with zero attached hydrogens (tertiary/aromatic N) is 4. The Hall–Kier alpha value is -4.02. The Kier molecular flexibility index (Phi) is 3.95. The fourth-order valence-electron chi connectivity index (χ4n) is 2.04. The molecule has 0 fully saturated rings. The summed E-state index contributed by atoms with van der Waals surface area (Å²) >= 11 is 0. The zero-order chi connectivity index (χ0) is 18.0. The minimum absolute atomic E-state index is 0.214. The van der Waals surface area contributed by atoms with Gasteiger partial charge in [0.1, 0.15) is 5.56 Å². The maximum atomic E-state index is 12.0. The number of rotatable bonds is 3. The van der Waals surface area contributed by atoms with Crippen molar-refractivity contribution >= 4 is 0 Å². The van der Waals surface area contributed by atoms with Gasteiger partial charge in [-0.2, -0.15) is 0 Å². The summed E-state index contributed by atoms with van der Waals surface area (Å²) in [5, 5.41) is 16.9. The number of nitrogens with one attached hydrogen (secondary N) is 2. The average Bonchev–Trinajstić information content (AvgIpc) is 2.57. The normalized spacial score (nSPS) is 11.0. The van der Waals surface area contributed by atoms with Crippen molar-refractivity contribution in [3.63, 3.8) is 0 Å². The molecule has 0 unspecified atom stereocenters. The fraction of sp³-hybridized carbons (Fsp3) is 0. The predicted molar refractivity (Wildman–Crippen MR) is 85.4 cm³/mol. The Morgan fingerprint density at radius 2 is 1.56 bits per heavy atom. The van der Waals surface area contributed by atoms with Gasteiger partial charge < -0.3 is 10.1 Å². The van der Waals surface area contributed by atoms with Crippen molar-refractivity contribution in [1.82, 2.24) is 19.3 Å². The molecule has 11 nitrogen and oxygen atoms in total. The molecule has 1 aromatic carbocycles. The molecule has 126 valence electrons. The number of aromatic amines is 2. The van der Waals surface area contributed by atoms with E-state index in [2.05, 4.69) is 15.4 Å². The molecule has 3 aromatic rings. The average molecular weight is 342 g/mol. The first kappa shape index (κ1) is 15.9. The number of hydrogen-bond acceptors (Lipinski definition) is 7. The van der Waals surface area contributed by atoms with Crippen molar-refractivity contribution in [3.8, 4) is 17.0 Å². The number of aromatic nitrogens is 4. The van der Waals surface area contributed by atoms with Gasteiger partial charge in [0, 0.05) is 12.3 Å². The maximum absolute atomic E-state index is 12.0. The van der Waals surface area contributed by atoms with Gasteiger partial charge in [-0.25, -0.2) is 9.59 Å². The van der Waals surface area contributed by atoms with Crippen molar-refractivity contribution < 1.29 is 5.11 Å². The van der Waals surface area contributed by atoms with E-state index in [1.807, 2.05) is 4.98 Å². The van der Waals surface area contributed by atoms with Gasteiger partial charge >= 0.3 is 11.4 Å². The first-order valence-electron chi connectivity index (χ1n) is 6.86. The smallest absolute Gasteiger partial charge is 0.353 e. The highest BCUT2D eigenvalue weighted by atomic mass is 16.3. The van der Waals surface area contributed by atoms with Crippen LogP contribution in [0.15, 0.2) is 72.2 Å². The molecule has 3 rings (SSSR count). The molecule has 0 saturated carbocycles. The zero-order valence-corrected chi connectivity index (χ0v) is 12.4. The standard InChI is InChI=1S/C14H10N6O5/c21-9-6-7-15-13(24)19(9)17-18-20-12(23)10(11(22)16-14(20)25)8-4-2-1-3-5-8/h1-7,23H,(H,15,24)(H,16,22,25). The van der Waals surface area contributed by atoms with Crippen LogP contribution in [0.5, 0.6) is 5.88 Å². The molecule has 3 N–H and O–H groups in total. The van der Waals surface area contributed by atoms with E-state index in [1.165, 1.54) is 0 Å². The van der Waals surface area contributed by atoms with Crippen molar-refractivity contribution in [2.75, 3.05) is 0 Å². The summed E-state index contributed by atoms with van der Waals surface area (Å²) in [4.78, 5) is 51.1. The van der Waals surface area contributed by atoms with Crippen molar-refractivity contribution in [1.29, 1.82) is 0 Å². The molecule has 0 atom stereocenters. The molecule has 0 saturated heterocycles. The summed E-state index contributed by atoms with van der Waals surface area (Å²) in [5.41, 5.74) is -3.49. The molecule has 2 aromatic heterocycles. The lowest BCUT2D eigenvalue weighted by Crippen LogP contribution is -2.32. The van der Waals surface area contributed by atoms with Crippen LogP contribution in [0.3, 0.4) is 0 Å². The second-order valence-corrected chi connectivity index (χ2v) is 4.75. The van der Waals surface area contributed by atoms with Gasteiger partial charge in [-0.05, 0) is 16.0 Å². The molecule has 0 bridgehead atoms. The van der Waals surface area contributed by atoms with E-state index >= 15 is 0 Å². The van der Waals surface area contributed by atoms with Crippen molar-refractivity contribution in [2.24, 2.45) is 10.4 Å². The first-order chi connectivity index (χ1) is 12.0. The van der Waals surface area contributed by atoms with Gasteiger partial charge in [0.05, 0.1) is 0 Å². The van der Waals surface area contributed by atoms with E-state index in [0.717, 1.165) is 12.3 Å². The van der Waals surface area contributed by atoms with Crippen LogP contribution in [-0.2, 0) is 0 Å².